The summed E-state index contributed by atoms with van der Waals surface area (Å²) in [6, 6.07) is 2.80. The normalized spacial score (nSPS) is 15.7. The van der Waals surface area contributed by atoms with Crippen molar-refractivity contribution >= 4 is 46.2 Å². The SMILES string of the molecule is O=C(NC(C(=O)O)C1CC1)c1csc(-c2ccc(Cl)s2)n1. The van der Waals surface area contributed by atoms with E-state index in [0.717, 1.165) is 17.7 Å². The zero-order chi connectivity index (χ0) is 15.0. The topological polar surface area (TPSA) is 79.3 Å². The van der Waals surface area contributed by atoms with Crippen molar-refractivity contribution in [2.75, 3.05) is 0 Å². The van der Waals surface area contributed by atoms with Gasteiger partial charge in [-0.1, -0.05) is 11.6 Å². The maximum absolute atomic E-state index is 12.1. The number of amides is 1. The molecule has 0 aromatic carbocycles. The second kappa shape index (κ2) is 5.75. The summed E-state index contributed by atoms with van der Waals surface area (Å²) in [4.78, 5) is 28.4. The maximum atomic E-state index is 12.1. The fourth-order valence-corrected chi connectivity index (χ4v) is 3.86. The third-order valence-electron chi connectivity index (χ3n) is 3.17. The van der Waals surface area contributed by atoms with E-state index in [0.29, 0.717) is 9.34 Å². The van der Waals surface area contributed by atoms with Crippen molar-refractivity contribution in [1.82, 2.24) is 10.3 Å². The Morgan fingerprint density at radius 3 is 2.76 bits per heavy atom. The van der Waals surface area contributed by atoms with Crippen LogP contribution in [-0.2, 0) is 4.79 Å². The van der Waals surface area contributed by atoms with Crippen molar-refractivity contribution in [1.29, 1.82) is 0 Å². The molecule has 0 saturated heterocycles. The van der Waals surface area contributed by atoms with E-state index in [9.17, 15) is 9.59 Å². The number of carboxylic acid groups (broad SMARTS) is 1. The van der Waals surface area contributed by atoms with Crippen molar-refractivity contribution in [3.63, 3.8) is 0 Å². The zero-order valence-electron chi connectivity index (χ0n) is 10.7. The Kier molecular flexibility index (Phi) is 3.97. The number of hydrogen-bond acceptors (Lipinski definition) is 5. The molecule has 0 bridgehead atoms. The molecule has 3 rings (SSSR count). The average molecular weight is 343 g/mol. The Hall–Kier alpha value is -1.44. The van der Waals surface area contributed by atoms with Gasteiger partial charge in [0.25, 0.3) is 5.91 Å². The summed E-state index contributed by atoms with van der Waals surface area (Å²) in [7, 11) is 0. The maximum Gasteiger partial charge on any atom is 0.326 e. The van der Waals surface area contributed by atoms with Crippen molar-refractivity contribution in [2.45, 2.75) is 18.9 Å². The van der Waals surface area contributed by atoms with Crippen molar-refractivity contribution < 1.29 is 14.7 Å². The number of hydrogen-bond donors (Lipinski definition) is 2. The molecular formula is C13H11ClN2O3S2. The van der Waals surface area contributed by atoms with Gasteiger partial charge >= 0.3 is 5.97 Å². The molecule has 110 valence electrons. The number of carbonyl (C=O) groups excluding carboxylic acids is 1. The smallest absolute Gasteiger partial charge is 0.326 e. The largest absolute Gasteiger partial charge is 0.480 e. The summed E-state index contributed by atoms with van der Waals surface area (Å²) in [5.41, 5.74) is 0.242. The third kappa shape index (κ3) is 3.25. The number of nitrogens with one attached hydrogen (secondary N) is 1. The lowest BCUT2D eigenvalue weighted by molar-refractivity contribution is -0.139. The van der Waals surface area contributed by atoms with Crippen LogP contribution in [0.15, 0.2) is 17.5 Å². The molecule has 21 heavy (non-hydrogen) atoms. The molecule has 8 heteroatoms. The lowest BCUT2D eigenvalue weighted by Gasteiger charge is -2.12. The quantitative estimate of drug-likeness (QED) is 0.875. The Bertz CT molecular complexity index is 693. The van der Waals surface area contributed by atoms with Crippen molar-refractivity contribution in [3.8, 4) is 9.88 Å². The van der Waals surface area contributed by atoms with Crippen LogP contribution in [0.1, 0.15) is 23.3 Å². The van der Waals surface area contributed by atoms with E-state index in [2.05, 4.69) is 10.3 Å². The first-order valence-electron chi connectivity index (χ1n) is 6.29. The van der Waals surface area contributed by atoms with Crippen LogP contribution in [0.4, 0.5) is 0 Å². The monoisotopic (exact) mass is 342 g/mol. The van der Waals surface area contributed by atoms with Gasteiger partial charge < -0.3 is 10.4 Å². The highest BCUT2D eigenvalue weighted by Gasteiger charge is 2.37. The molecule has 2 aromatic heterocycles. The first-order valence-corrected chi connectivity index (χ1v) is 8.37. The van der Waals surface area contributed by atoms with E-state index in [1.807, 2.05) is 6.07 Å². The summed E-state index contributed by atoms with van der Waals surface area (Å²) in [6.45, 7) is 0. The number of thiophene rings is 1. The zero-order valence-corrected chi connectivity index (χ0v) is 13.1. The van der Waals surface area contributed by atoms with Gasteiger partial charge in [-0.2, -0.15) is 0 Å². The van der Waals surface area contributed by atoms with Crippen LogP contribution in [0.5, 0.6) is 0 Å². The van der Waals surface area contributed by atoms with Crippen LogP contribution in [0.2, 0.25) is 4.34 Å². The number of aromatic nitrogens is 1. The van der Waals surface area contributed by atoms with E-state index in [1.165, 1.54) is 22.7 Å². The molecule has 2 N–H and O–H groups in total. The first-order chi connectivity index (χ1) is 10.0. The fourth-order valence-electron chi connectivity index (χ4n) is 1.95. The molecule has 1 fully saturated rings. The molecule has 1 aliphatic carbocycles. The third-order valence-corrected chi connectivity index (χ3v) is 5.41. The number of nitrogens with zero attached hydrogens (tertiary/aromatic N) is 1. The molecule has 0 aliphatic heterocycles. The van der Waals surface area contributed by atoms with Crippen LogP contribution in [0, 0.1) is 5.92 Å². The van der Waals surface area contributed by atoms with E-state index in [-0.39, 0.29) is 11.6 Å². The van der Waals surface area contributed by atoms with Gasteiger partial charge in [-0.15, -0.1) is 22.7 Å². The minimum absolute atomic E-state index is 0.0423. The number of rotatable bonds is 5. The van der Waals surface area contributed by atoms with Gasteiger partial charge in [0.15, 0.2) is 0 Å². The predicted octanol–water partition coefficient (Wildman–Crippen LogP) is 3.12. The molecule has 0 radical (unpaired) electrons. The van der Waals surface area contributed by atoms with Crippen LogP contribution >= 0.6 is 34.3 Å². The molecule has 1 unspecified atom stereocenters. The van der Waals surface area contributed by atoms with E-state index in [1.54, 1.807) is 11.4 Å². The second-order valence-corrected chi connectivity index (χ2v) is 7.34. The van der Waals surface area contributed by atoms with Crippen LogP contribution < -0.4 is 5.32 Å². The molecule has 5 nitrogen and oxygen atoms in total. The summed E-state index contributed by atoms with van der Waals surface area (Å²) < 4.78 is 0.658. The first kappa shape index (κ1) is 14.5. The van der Waals surface area contributed by atoms with Crippen LogP contribution in [0.25, 0.3) is 9.88 Å². The Morgan fingerprint density at radius 2 is 2.19 bits per heavy atom. The van der Waals surface area contributed by atoms with Crippen molar-refractivity contribution in [3.05, 3.63) is 27.5 Å². The minimum Gasteiger partial charge on any atom is -0.480 e. The van der Waals surface area contributed by atoms with Gasteiger partial charge in [-0.05, 0) is 30.9 Å². The molecule has 1 saturated carbocycles. The summed E-state index contributed by atoms with van der Waals surface area (Å²) in [6.07, 6.45) is 1.68. The van der Waals surface area contributed by atoms with E-state index < -0.39 is 17.9 Å². The molecule has 2 heterocycles. The Labute approximate surface area is 133 Å². The fraction of sp³-hybridized carbons (Fsp3) is 0.308. The number of halogens is 1. The molecular weight excluding hydrogens is 332 g/mol. The number of carboxylic acids is 1. The molecule has 1 amide bonds. The molecule has 1 aliphatic rings. The summed E-state index contributed by atoms with van der Waals surface area (Å²) in [5, 5.41) is 14.0. The average Bonchev–Trinajstić information content (AvgIpc) is 2.98. The van der Waals surface area contributed by atoms with E-state index in [4.69, 9.17) is 16.7 Å². The standard InChI is InChI=1S/C13H11ClN2O3S2/c14-9-4-3-8(21-9)12-15-7(5-20-12)11(17)16-10(13(18)19)6-1-2-6/h3-6,10H,1-2H2,(H,16,17)(H,18,19). The van der Waals surface area contributed by atoms with Gasteiger partial charge in [0.2, 0.25) is 0 Å². The lowest BCUT2D eigenvalue weighted by Crippen LogP contribution is -2.42. The highest BCUT2D eigenvalue weighted by molar-refractivity contribution is 7.23. The molecule has 0 spiro atoms. The van der Waals surface area contributed by atoms with Gasteiger partial charge in [-0.3, -0.25) is 4.79 Å². The van der Waals surface area contributed by atoms with Gasteiger partial charge in [0.1, 0.15) is 16.7 Å². The highest BCUT2D eigenvalue weighted by Crippen LogP contribution is 2.34. The second-order valence-electron chi connectivity index (χ2n) is 4.77. The predicted molar refractivity (Wildman–Crippen MR) is 82.1 cm³/mol. The lowest BCUT2D eigenvalue weighted by atomic mass is 10.2. The van der Waals surface area contributed by atoms with Gasteiger partial charge in [0.05, 0.1) is 9.21 Å². The summed E-state index contributed by atoms with van der Waals surface area (Å²) in [5.74, 6) is -1.40. The van der Waals surface area contributed by atoms with Crippen LogP contribution in [0.3, 0.4) is 0 Å². The molecule has 1 atom stereocenters. The number of thiazole rings is 1. The summed E-state index contributed by atoms with van der Waals surface area (Å²) >= 11 is 8.60. The Morgan fingerprint density at radius 1 is 1.43 bits per heavy atom. The van der Waals surface area contributed by atoms with E-state index >= 15 is 0 Å². The Balaban J connectivity index is 1.73. The minimum atomic E-state index is -0.994. The van der Waals surface area contributed by atoms with Crippen molar-refractivity contribution in [2.24, 2.45) is 5.92 Å². The number of carbonyl (C=O) groups is 2. The highest BCUT2D eigenvalue weighted by atomic mass is 35.5. The van der Waals surface area contributed by atoms with Gasteiger partial charge in [0, 0.05) is 5.38 Å². The van der Waals surface area contributed by atoms with Crippen LogP contribution in [-0.4, -0.2) is 28.0 Å². The van der Waals surface area contributed by atoms with Gasteiger partial charge in [-0.25, -0.2) is 9.78 Å². The number of aliphatic carboxylic acids is 1. The molecule has 2 aromatic rings.